The average Bonchev–Trinajstić information content (AvgIpc) is 3.24. The van der Waals surface area contributed by atoms with E-state index in [0.29, 0.717) is 0 Å². The molecule has 0 aliphatic heterocycles. The van der Waals surface area contributed by atoms with Crippen molar-refractivity contribution >= 4 is 22.7 Å². The van der Waals surface area contributed by atoms with E-state index >= 15 is 0 Å². The molecule has 1 N–H and O–H groups in total. The van der Waals surface area contributed by atoms with Crippen molar-refractivity contribution in [1.29, 1.82) is 0 Å². The monoisotopic (exact) mass is 344 g/mol. The summed E-state index contributed by atoms with van der Waals surface area (Å²) in [5, 5.41) is 8.94. The molecular weight excluding hydrogens is 324 g/mol. The lowest BCUT2D eigenvalue weighted by molar-refractivity contribution is 0.402. The van der Waals surface area contributed by atoms with E-state index in [9.17, 15) is 0 Å². The molecule has 0 unspecified atom stereocenters. The van der Waals surface area contributed by atoms with Gasteiger partial charge in [-0.15, -0.1) is 22.7 Å². The second-order valence-corrected chi connectivity index (χ2v) is 7.31. The zero-order chi connectivity index (χ0) is 16.1. The Hall–Kier alpha value is -1.69. The molecule has 3 nitrogen and oxygen atoms in total. The van der Waals surface area contributed by atoms with Crippen LogP contribution in [0.4, 0.5) is 0 Å². The summed E-state index contributed by atoms with van der Waals surface area (Å²) in [7, 11) is 1.73. The van der Waals surface area contributed by atoms with Gasteiger partial charge in [-0.2, -0.15) is 0 Å². The molecular formula is C18H20N2OS2. The van der Waals surface area contributed by atoms with Crippen LogP contribution in [0.3, 0.4) is 0 Å². The average molecular weight is 345 g/mol. The number of ether oxygens (including phenoxy) is 1. The lowest BCUT2D eigenvalue weighted by Crippen LogP contribution is -2.23. The highest BCUT2D eigenvalue weighted by atomic mass is 32.1. The lowest BCUT2D eigenvalue weighted by Gasteiger charge is -2.18. The molecule has 0 aliphatic carbocycles. The molecule has 1 atom stereocenters. The summed E-state index contributed by atoms with van der Waals surface area (Å²) in [5.41, 5.74) is 2.34. The highest BCUT2D eigenvalue weighted by Gasteiger charge is 2.16. The number of aryl methyl sites for hydroxylation is 1. The fourth-order valence-corrected chi connectivity index (χ4v) is 4.13. The van der Waals surface area contributed by atoms with Crippen LogP contribution in [0.5, 0.6) is 5.75 Å². The Labute approximate surface area is 145 Å². The van der Waals surface area contributed by atoms with E-state index in [1.807, 2.05) is 11.6 Å². The predicted octanol–water partition coefficient (Wildman–Crippen LogP) is 4.60. The number of nitrogens with one attached hydrogen (secondary N) is 1. The van der Waals surface area contributed by atoms with Crippen molar-refractivity contribution in [3.63, 3.8) is 0 Å². The van der Waals surface area contributed by atoms with Crippen LogP contribution in [-0.4, -0.2) is 12.1 Å². The summed E-state index contributed by atoms with van der Waals surface area (Å²) < 4.78 is 5.55. The van der Waals surface area contributed by atoms with E-state index in [0.717, 1.165) is 29.3 Å². The van der Waals surface area contributed by atoms with Gasteiger partial charge in [-0.05, 0) is 23.9 Å². The smallest absolute Gasteiger partial charge is 0.126 e. The minimum atomic E-state index is 0.221. The SMILES string of the molecule is COc1c(C)cccc1CN[C@@H](Cc1cccs1)c1nccs1. The number of benzene rings is 1. The van der Waals surface area contributed by atoms with Crippen LogP contribution in [0.1, 0.15) is 27.1 Å². The molecule has 0 saturated carbocycles. The number of hydrogen-bond acceptors (Lipinski definition) is 5. The molecule has 3 aromatic rings. The van der Waals surface area contributed by atoms with Gasteiger partial charge in [0.2, 0.25) is 0 Å². The zero-order valence-corrected chi connectivity index (χ0v) is 14.9. The summed E-state index contributed by atoms with van der Waals surface area (Å²) >= 11 is 3.49. The first-order chi connectivity index (χ1) is 11.3. The molecule has 1 aromatic carbocycles. The molecule has 0 bridgehead atoms. The maximum Gasteiger partial charge on any atom is 0.126 e. The number of thiophene rings is 1. The van der Waals surface area contributed by atoms with Crippen molar-refractivity contribution in [3.05, 3.63) is 68.3 Å². The Kier molecular flexibility index (Phi) is 5.43. The van der Waals surface area contributed by atoms with E-state index in [4.69, 9.17) is 4.74 Å². The number of thiazole rings is 1. The largest absolute Gasteiger partial charge is 0.496 e. The quantitative estimate of drug-likeness (QED) is 0.680. The van der Waals surface area contributed by atoms with Gasteiger partial charge in [-0.25, -0.2) is 4.98 Å². The van der Waals surface area contributed by atoms with Crippen LogP contribution in [0.2, 0.25) is 0 Å². The summed E-state index contributed by atoms with van der Waals surface area (Å²) in [6, 6.07) is 10.8. The molecule has 0 aliphatic rings. The minimum Gasteiger partial charge on any atom is -0.496 e. The van der Waals surface area contributed by atoms with E-state index in [1.54, 1.807) is 29.8 Å². The third kappa shape index (κ3) is 3.99. The molecule has 0 amide bonds. The third-order valence-electron chi connectivity index (χ3n) is 3.77. The second-order valence-electron chi connectivity index (χ2n) is 5.35. The van der Waals surface area contributed by atoms with Crippen LogP contribution < -0.4 is 10.1 Å². The Balaban J connectivity index is 1.76. The fourth-order valence-electron chi connectivity index (χ4n) is 2.66. The van der Waals surface area contributed by atoms with Crippen LogP contribution >= 0.6 is 22.7 Å². The molecule has 120 valence electrons. The molecule has 0 fully saturated rings. The first-order valence-electron chi connectivity index (χ1n) is 7.55. The maximum atomic E-state index is 5.55. The summed E-state index contributed by atoms with van der Waals surface area (Å²) in [4.78, 5) is 5.87. The minimum absolute atomic E-state index is 0.221. The number of rotatable bonds is 7. The van der Waals surface area contributed by atoms with Gasteiger partial charge in [0.05, 0.1) is 13.2 Å². The summed E-state index contributed by atoms with van der Waals surface area (Å²) in [5.74, 6) is 0.967. The second kappa shape index (κ2) is 7.73. The molecule has 3 rings (SSSR count). The van der Waals surface area contributed by atoms with Crippen molar-refractivity contribution in [1.82, 2.24) is 10.3 Å². The summed E-state index contributed by atoms with van der Waals surface area (Å²) in [6.07, 6.45) is 2.83. The molecule has 0 radical (unpaired) electrons. The Morgan fingerprint density at radius 1 is 1.17 bits per heavy atom. The van der Waals surface area contributed by atoms with E-state index in [2.05, 4.69) is 52.9 Å². The topological polar surface area (TPSA) is 34.1 Å². The van der Waals surface area contributed by atoms with E-state index in [-0.39, 0.29) is 6.04 Å². The molecule has 0 spiro atoms. The lowest BCUT2D eigenvalue weighted by atomic mass is 10.1. The van der Waals surface area contributed by atoms with Crippen molar-refractivity contribution in [2.75, 3.05) is 7.11 Å². The van der Waals surface area contributed by atoms with Gasteiger partial charge >= 0.3 is 0 Å². The van der Waals surface area contributed by atoms with Gasteiger partial charge in [-0.3, -0.25) is 0 Å². The van der Waals surface area contributed by atoms with Gasteiger partial charge in [-0.1, -0.05) is 24.3 Å². The highest BCUT2D eigenvalue weighted by Crippen LogP contribution is 2.26. The highest BCUT2D eigenvalue weighted by molar-refractivity contribution is 7.10. The Morgan fingerprint density at radius 2 is 2.09 bits per heavy atom. The van der Waals surface area contributed by atoms with Crippen molar-refractivity contribution < 1.29 is 4.74 Å². The van der Waals surface area contributed by atoms with Crippen LogP contribution in [0, 0.1) is 6.92 Å². The maximum absolute atomic E-state index is 5.55. The van der Waals surface area contributed by atoms with Crippen molar-refractivity contribution in [3.8, 4) is 5.75 Å². The molecule has 2 aromatic heterocycles. The van der Waals surface area contributed by atoms with Crippen LogP contribution in [0.15, 0.2) is 47.3 Å². The standard InChI is InChI=1S/C18H20N2OS2/c1-13-5-3-6-14(17(13)21-2)12-20-16(18-19-8-10-23-18)11-15-7-4-9-22-15/h3-10,16,20H,11-12H2,1-2H3/t16-/m0/s1. The van der Waals surface area contributed by atoms with Crippen molar-refractivity contribution in [2.45, 2.75) is 25.9 Å². The molecule has 5 heteroatoms. The first kappa shape index (κ1) is 16.2. The van der Waals surface area contributed by atoms with Crippen LogP contribution in [0.25, 0.3) is 0 Å². The zero-order valence-electron chi connectivity index (χ0n) is 13.3. The Bertz CT molecular complexity index is 724. The van der Waals surface area contributed by atoms with Gasteiger partial charge in [0, 0.05) is 35.0 Å². The van der Waals surface area contributed by atoms with Gasteiger partial charge in [0.15, 0.2) is 0 Å². The third-order valence-corrected chi connectivity index (χ3v) is 5.56. The summed E-state index contributed by atoms with van der Waals surface area (Å²) in [6.45, 7) is 2.84. The van der Waals surface area contributed by atoms with E-state index in [1.165, 1.54) is 10.4 Å². The van der Waals surface area contributed by atoms with E-state index < -0.39 is 0 Å². The predicted molar refractivity (Wildman–Crippen MR) is 97.4 cm³/mol. The Morgan fingerprint density at radius 3 is 2.78 bits per heavy atom. The van der Waals surface area contributed by atoms with Gasteiger partial charge in [0.1, 0.15) is 10.8 Å². The van der Waals surface area contributed by atoms with Gasteiger partial charge < -0.3 is 10.1 Å². The van der Waals surface area contributed by atoms with Crippen molar-refractivity contribution in [2.24, 2.45) is 0 Å². The number of nitrogens with zero attached hydrogens (tertiary/aromatic N) is 1. The van der Waals surface area contributed by atoms with Crippen LogP contribution in [-0.2, 0) is 13.0 Å². The first-order valence-corrected chi connectivity index (χ1v) is 9.31. The molecule has 23 heavy (non-hydrogen) atoms. The number of methoxy groups -OCH3 is 1. The van der Waals surface area contributed by atoms with Gasteiger partial charge in [0.25, 0.3) is 0 Å². The number of para-hydroxylation sites is 1. The fraction of sp³-hybridized carbons (Fsp3) is 0.278. The number of aromatic nitrogens is 1. The molecule has 2 heterocycles. The normalized spacial score (nSPS) is 12.3. The number of hydrogen-bond donors (Lipinski definition) is 1. The molecule has 0 saturated heterocycles.